The van der Waals surface area contributed by atoms with Gasteiger partial charge < -0.3 is 33.3 Å². The molecular formula is C44H51N4O8P. The van der Waals surface area contributed by atoms with Crippen molar-refractivity contribution in [2.75, 3.05) is 33.3 Å². The van der Waals surface area contributed by atoms with Crippen LogP contribution in [0.25, 0.3) is 0 Å². The highest BCUT2D eigenvalue weighted by atomic mass is 31.2. The Kier molecular flexibility index (Phi) is 13.9. The third-order valence-corrected chi connectivity index (χ3v) is 11.9. The lowest BCUT2D eigenvalue weighted by molar-refractivity contribution is -0.0923. The summed E-state index contributed by atoms with van der Waals surface area (Å²) in [5.41, 5.74) is 1.38. The number of amides is 1. The van der Waals surface area contributed by atoms with E-state index in [1.54, 1.807) is 57.9 Å². The van der Waals surface area contributed by atoms with Gasteiger partial charge in [-0.15, -0.1) is 0 Å². The maximum absolute atomic E-state index is 13.6. The molecule has 1 aliphatic rings. The summed E-state index contributed by atoms with van der Waals surface area (Å²) < 4.78 is 41.5. The first kappa shape index (κ1) is 41.7. The normalized spacial score (nSPS) is 17.5. The zero-order valence-corrected chi connectivity index (χ0v) is 34.3. The molecule has 5 aromatic rings. The average Bonchev–Trinajstić information content (AvgIpc) is 3.63. The number of hydrogen-bond acceptors (Lipinski definition) is 10. The fraction of sp³-hybridized carbons (Fsp3) is 0.341. The van der Waals surface area contributed by atoms with Gasteiger partial charge in [0.1, 0.15) is 35.2 Å². The van der Waals surface area contributed by atoms with Gasteiger partial charge in [0.15, 0.2) is 0 Å². The van der Waals surface area contributed by atoms with Gasteiger partial charge >= 0.3 is 5.69 Å². The number of nitrogens with zero attached hydrogens (tertiary/aromatic N) is 3. The number of hydrogen-bond donors (Lipinski definition) is 1. The lowest BCUT2D eigenvalue weighted by Crippen LogP contribution is -2.39. The molecule has 0 saturated carbocycles. The van der Waals surface area contributed by atoms with Gasteiger partial charge in [-0.2, -0.15) is 4.98 Å². The number of methoxy groups -OCH3 is 2. The topological polar surface area (TPSA) is 123 Å². The van der Waals surface area contributed by atoms with Gasteiger partial charge in [-0.05, 0) is 86.8 Å². The second kappa shape index (κ2) is 19.0. The molecule has 1 saturated heterocycles. The van der Waals surface area contributed by atoms with E-state index in [2.05, 4.69) is 42.7 Å². The van der Waals surface area contributed by atoms with E-state index in [0.717, 1.165) is 16.7 Å². The summed E-state index contributed by atoms with van der Waals surface area (Å²) in [6.45, 7) is 8.49. The van der Waals surface area contributed by atoms with Crippen LogP contribution in [-0.2, 0) is 24.1 Å². The highest BCUT2D eigenvalue weighted by Crippen LogP contribution is 2.50. The SMILES string of the molecule is COc1ccc(C(OC[C@H]2O[C@@H](n3ccc(NC(=O)c4ccccc4)nc3=O)C[C@@H]2OP(OC)N(C(C)C)C(C)C)(c2ccccc2)c2ccc(OC)cc2)cc1. The molecule has 6 rings (SSSR count). The molecule has 1 aromatic heterocycles. The molecular weight excluding hydrogens is 743 g/mol. The highest BCUT2D eigenvalue weighted by Gasteiger charge is 2.45. The predicted molar refractivity (Wildman–Crippen MR) is 221 cm³/mol. The van der Waals surface area contributed by atoms with Crippen LogP contribution in [0, 0.1) is 0 Å². The predicted octanol–water partition coefficient (Wildman–Crippen LogP) is 8.19. The Hall–Kier alpha value is -4.94. The zero-order valence-electron chi connectivity index (χ0n) is 33.4. The van der Waals surface area contributed by atoms with Crippen molar-refractivity contribution in [1.82, 2.24) is 14.2 Å². The van der Waals surface area contributed by atoms with E-state index in [1.807, 2.05) is 84.9 Å². The van der Waals surface area contributed by atoms with E-state index < -0.39 is 38.3 Å². The first-order chi connectivity index (χ1) is 27.6. The number of nitrogens with one attached hydrogen (secondary N) is 1. The van der Waals surface area contributed by atoms with Crippen LogP contribution in [0.1, 0.15) is 67.4 Å². The number of aromatic nitrogens is 2. The molecule has 13 heteroatoms. The van der Waals surface area contributed by atoms with Gasteiger partial charge in [0.25, 0.3) is 14.4 Å². The Morgan fingerprint density at radius 3 is 1.88 bits per heavy atom. The minimum absolute atomic E-state index is 0.0672. The molecule has 0 aliphatic carbocycles. The Morgan fingerprint density at radius 2 is 1.37 bits per heavy atom. The average molecular weight is 795 g/mol. The third-order valence-electron chi connectivity index (χ3n) is 9.86. The maximum Gasteiger partial charge on any atom is 0.351 e. The third kappa shape index (κ3) is 9.45. The minimum atomic E-state index is -1.53. The molecule has 0 spiro atoms. The summed E-state index contributed by atoms with van der Waals surface area (Å²) in [5, 5.41) is 2.72. The maximum atomic E-state index is 13.6. The van der Waals surface area contributed by atoms with Crippen LogP contribution in [0.4, 0.5) is 5.82 Å². The summed E-state index contributed by atoms with van der Waals surface area (Å²) in [6.07, 6.45) is -0.0693. The van der Waals surface area contributed by atoms with Gasteiger partial charge in [0.05, 0.1) is 26.9 Å². The standard InChI is InChI=1S/C44H51N4O8P/c1-30(2)48(31(3)4)57(53-7)56-38-28-41(47-27-26-40(46-43(47)50)45-42(49)32-14-10-8-11-15-32)55-39(38)29-54-44(33-16-12-9-13-17-33,34-18-22-36(51-5)23-19-34)35-20-24-37(52-6)25-21-35/h8-27,30-31,38-39,41H,28-29H2,1-7H3,(H,45,46,49,50)/t38-,39+,41+,57?/m0/s1. The van der Waals surface area contributed by atoms with E-state index in [0.29, 0.717) is 23.5 Å². The van der Waals surface area contributed by atoms with Crippen molar-refractivity contribution in [3.05, 3.63) is 154 Å². The fourth-order valence-corrected chi connectivity index (χ4v) is 8.77. The van der Waals surface area contributed by atoms with Crippen LogP contribution in [0.5, 0.6) is 11.5 Å². The molecule has 1 aliphatic heterocycles. The van der Waals surface area contributed by atoms with Crippen LogP contribution < -0.4 is 20.5 Å². The van der Waals surface area contributed by atoms with E-state index >= 15 is 0 Å². The summed E-state index contributed by atoms with van der Waals surface area (Å²) >= 11 is 0. The van der Waals surface area contributed by atoms with Crippen molar-refractivity contribution in [3.63, 3.8) is 0 Å². The number of anilines is 1. The number of rotatable bonds is 17. The van der Waals surface area contributed by atoms with Crippen molar-refractivity contribution in [2.24, 2.45) is 0 Å². The van der Waals surface area contributed by atoms with Crippen LogP contribution in [0.2, 0.25) is 0 Å². The monoisotopic (exact) mass is 794 g/mol. The van der Waals surface area contributed by atoms with Crippen molar-refractivity contribution in [2.45, 2.75) is 70.2 Å². The van der Waals surface area contributed by atoms with Crippen molar-refractivity contribution in [1.29, 1.82) is 0 Å². The minimum Gasteiger partial charge on any atom is -0.497 e. The highest BCUT2D eigenvalue weighted by molar-refractivity contribution is 7.44. The first-order valence-corrected chi connectivity index (χ1v) is 20.1. The quantitative estimate of drug-likeness (QED) is 0.0729. The van der Waals surface area contributed by atoms with E-state index in [1.165, 1.54) is 4.57 Å². The molecule has 0 bridgehead atoms. The molecule has 1 amide bonds. The molecule has 2 heterocycles. The Labute approximate surface area is 335 Å². The molecule has 57 heavy (non-hydrogen) atoms. The molecule has 4 aromatic carbocycles. The van der Waals surface area contributed by atoms with Crippen LogP contribution in [0.3, 0.4) is 0 Å². The van der Waals surface area contributed by atoms with Gasteiger partial charge in [-0.3, -0.25) is 9.36 Å². The van der Waals surface area contributed by atoms with Crippen molar-refractivity contribution < 1.29 is 32.8 Å². The van der Waals surface area contributed by atoms with Crippen LogP contribution in [0.15, 0.2) is 126 Å². The lowest BCUT2D eigenvalue weighted by atomic mass is 9.80. The number of carbonyl (C=O) groups excluding carboxylic acids is 1. The van der Waals surface area contributed by atoms with Crippen molar-refractivity contribution >= 4 is 20.3 Å². The molecule has 12 nitrogen and oxygen atoms in total. The fourth-order valence-electron chi connectivity index (χ4n) is 7.17. The smallest absolute Gasteiger partial charge is 0.351 e. The number of carbonyl (C=O) groups is 1. The van der Waals surface area contributed by atoms with Gasteiger partial charge in [-0.1, -0.05) is 72.8 Å². The summed E-state index contributed by atoms with van der Waals surface area (Å²) in [7, 11) is 3.38. The Morgan fingerprint density at radius 1 is 0.825 bits per heavy atom. The molecule has 1 fully saturated rings. The second-order valence-electron chi connectivity index (χ2n) is 14.1. The van der Waals surface area contributed by atoms with Crippen LogP contribution in [-0.4, -0.2) is 72.4 Å². The lowest BCUT2D eigenvalue weighted by Gasteiger charge is -2.38. The molecule has 1 N–H and O–H groups in total. The summed E-state index contributed by atoms with van der Waals surface area (Å²) in [5.74, 6) is 1.19. The van der Waals surface area contributed by atoms with Gasteiger partial charge in [0.2, 0.25) is 0 Å². The van der Waals surface area contributed by atoms with Crippen LogP contribution >= 0.6 is 8.53 Å². The number of ether oxygens (including phenoxy) is 4. The second-order valence-corrected chi connectivity index (χ2v) is 15.6. The first-order valence-electron chi connectivity index (χ1n) is 19.0. The Balaban J connectivity index is 1.37. The molecule has 300 valence electrons. The van der Waals surface area contributed by atoms with Gasteiger partial charge in [0, 0.05) is 37.4 Å². The zero-order chi connectivity index (χ0) is 40.5. The molecule has 0 radical (unpaired) electrons. The van der Waals surface area contributed by atoms with Crippen molar-refractivity contribution in [3.8, 4) is 11.5 Å². The van der Waals surface area contributed by atoms with Gasteiger partial charge in [-0.25, -0.2) is 9.46 Å². The van der Waals surface area contributed by atoms with E-state index in [-0.39, 0.29) is 30.4 Å². The largest absolute Gasteiger partial charge is 0.497 e. The molecule has 4 atom stereocenters. The number of benzene rings is 4. The van der Waals surface area contributed by atoms with E-state index in [4.69, 9.17) is 28.0 Å². The Bertz CT molecular complexity index is 2040. The molecule has 1 unspecified atom stereocenters. The van der Waals surface area contributed by atoms with E-state index in [9.17, 15) is 9.59 Å². The summed E-state index contributed by atoms with van der Waals surface area (Å²) in [4.78, 5) is 30.6. The summed E-state index contributed by atoms with van der Waals surface area (Å²) in [6, 6.07) is 36.3.